The Labute approximate surface area is 158 Å². The lowest BCUT2D eigenvalue weighted by Crippen LogP contribution is -1.90. The maximum Gasteiger partial charge on any atom is 0.247 e. The van der Waals surface area contributed by atoms with E-state index in [0.717, 1.165) is 0 Å². The van der Waals surface area contributed by atoms with E-state index in [0.29, 0.717) is 34.4 Å². The number of nitrogens with zero attached hydrogens (tertiary/aromatic N) is 4. The summed E-state index contributed by atoms with van der Waals surface area (Å²) in [7, 11) is 3.11. The molecular formula is C19H15FN4O4. The lowest BCUT2D eigenvalue weighted by Gasteiger charge is -2.07. The van der Waals surface area contributed by atoms with E-state index in [1.807, 2.05) is 0 Å². The van der Waals surface area contributed by atoms with Crippen molar-refractivity contribution in [3.8, 4) is 34.3 Å². The molecule has 0 N–H and O–H groups in total. The van der Waals surface area contributed by atoms with E-state index in [-0.39, 0.29) is 24.0 Å². The zero-order chi connectivity index (χ0) is 19.5. The van der Waals surface area contributed by atoms with E-state index in [1.54, 1.807) is 44.6 Å². The summed E-state index contributed by atoms with van der Waals surface area (Å²) in [4.78, 5) is 4.24. The van der Waals surface area contributed by atoms with Gasteiger partial charge in [-0.1, -0.05) is 17.3 Å². The SMILES string of the molecule is COc1ccc(-c2nnc(Cc3nc(-c4cccc(F)c4)no3)o2)cc1OC. The first-order chi connectivity index (χ1) is 13.7. The molecule has 0 aliphatic rings. The molecule has 4 aromatic rings. The second-order valence-electron chi connectivity index (χ2n) is 5.77. The van der Waals surface area contributed by atoms with Crippen LogP contribution in [0.25, 0.3) is 22.8 Å². The molecule has 0 saturated carbocycles. The summed E-state index contributed by atoms with van der Waals surface area (Å²) in [6.45, 7) is 0. The van der Waals surface area contributed by atoms with Crippen LogP contribution in [0.3, 0.4) is 0 Å². The molecule has 0 aliphatic carbocycles. The van der Waals surface area contributed by atoms with E-state index in [4.69, 9.17) is 18.4 Å². The molecule has 0 spiro atoms. The first-order valence-corrected chi connectivity index (χ1v) is 8.29. The summed E-state index contributed by atoms with van der Waals surface area (Å²) in [6.07, 6.45) is 0.155. The summed E-state index contributed by atoms with van der Waals surface area (Å²) in [5.74, 6) is 1.97. The van der Waals surface area contributed by atoms with Gasteiger partial charge in [0.05, 0.1) is 14.2 Å². The number of aromatic nitrogens is 4. The van der Waals surface area contributed by atoms with Crippen molar-refractivity contribution in [2.24, 2.45) is 0 Å². The predicted molar refractivity (Wildman–Crippen MR) is 95.3 cm³/mol. The Morgan fingerprint density at radius 2 is 1.79 bits per heavy atom. The highest BCUT2D eigenvalue weighted by molar-refractivity contribution is 5.59. The molecule has 142 valence electrons. The molecule has 2 aromatic heterocycles. The van der Waals surface area contributed by atoms with Crippen molar-refractivity contribution in [1.29, 1.82) is 0 Å². The van der Waals surface area contributed by atoms with E-state index in [1.165, 1.54) is 12.1 Å². The van der Waals surface area contributed by atoms with Gasteiger partial charge < -0.3 is 18.4 Å². The van der Waals surface area contributed by atoms with Crippen LogP contribution in [0.1, 0.15) is 11.8 Å². The summed E-state index contributed by atoms with van der Waals surface area (Å²) in [5, 5.41) is 11.9. The monoisotopic (exact) mass is 382 g/mol. The third-order valence-corrected chi connectivity index (χ3v) is 3.95. The predicted octanol–water partition coefficient (Wildman–Crippen LogP) is 3.53. The molecule has 9 heteroatoms. The molecule has 0 unspecified atom stereocenters. The van der Waals surface area contributed by atoms with E-state index in [9.17, 15) is 4.39 Å². The molecule has 0 fully saturated rings. The number of hydrogen-bond donors (Lipinski definition) is 0. The molecule has 2 heterocycles. The van der Waals surface area contributed by atoms with Crippen LogP contribution in [0.4, 0.5) is 4.39 Å². The topological polar surface area (TPSA) is 96.3 Å². The maximum absolute atomic E-state index is 13.3. The number of methoxy groups -OCH3 is 2. The molecule has 0 amide bonds. The summed E-state index contributed by atoms with van der Waals surface area (Å²) >= 11 is 0. The Morgan fingerprint density at radius 1 is 0.929 bits per heavy atom. The van der Waals surface area contributed by atoms with Crippen molar-refractivity contribution in [1.82, 2.24) is 20.3 Å². The number of rotatable bonds is 6. The van der Waals surface area contributed by atoms with Gasteiger partial charge in [0.2, 0.25) is 23.5 Å². The van der Waals surface area contributed by atoms with Crippen LogP contribution < -0.4 is 9.47 Å². The second kappa shape index (κ2) is 7.47. The van der Waals surface area contributed by atoms with E-state index < -0.39 is 0 Å². The minimum absolute atomic E-state index is 0.155. The van der Waals surface area contributed by atoms with Crippen molar-refractivity contribution in [2.45, 2.75) is 6.42 Å². The quantitative estimate of drug-likeness (QED) is 0.500. The van der Waals surface area contributed by atoms with Crippen LogP contribution in [0, 0.1) is 5.82 Å². The van der Waals surface area contributed by atoms with Crippen LogP contribution in [-0.2, 0) is 6.42 Å². The van der Waals surface area contributed by atoms with Gasteiger partial charge in [-0.2, -0.15) is 4.98 Å². The van der Waals surface area contributed by atoms with Crippen LogP contribution in [0.2, 0.25) is 0 Å². The fourth-order valence-electron chi connectivity index (χ4n) is 2.61. The van der Waals surface area contributed by atoms with Crippen molar-refractivity contribution >= 4 is 0 Å². The summed E-state index contributed by atoms with van der Waals surface area (Å²) in [5.41, 5.74) is 1.20. The van der Waals surface area contributed by atoms with Gasteiger partial charge in [0.25, 0.3) is 0 Å². The normalized spacial score (nSPS) is 10.8. The fourth-order valence-corrected chi connectivity index (χ4v) is 2.61. The first kappa shape index (κ1) is 17.7. The molecule has 4 rings (SSSR count). The van der Waals surface area contributed by atoms with Gasteiger partial charge in [0.15, 0.2) is 11.5 Å². The molecular weight excluding hydrogens is 367 g/mol. The van der Waals surface area contributed by atoms with E-state index >= 15 is 0 Å². The molecule has 0 atom stereocenters. The third kappa shape index (κ3) is 3.54. The Kier molecular flexibility index (Phi) is 4.71. The maximum atomic E-state index is 13.3. The lowest BCUT2D eigenvalue weighted by atomic mass is 10.2. The Balaban J connectivity index is 1.53. The molecule has 0 aliphatic heterocycles. The van der Waals surface area contributed by atoms with Crippen molar-refractivity contribution in [3.63, 3.8) is 0 Å². The molecule has 0 saturated heterocycles. The minimum atomic E-state index is -0.375. The zero-order valence-corrected chi connectivity index (χ0v) is 15.0. The third-order valence-electron chi connectivity index (χ3n) is 3.95. The first-order valence-electron chi connectivity index (χ1n) is 8.29. The number of ether oxygens (including phenoxy) is 2. The average Bonchev–Trinajstić information content (AvgIpc) is 3.37. The standard InChI is InChI=1S/C19H15FN4O4/c1-25-14-7-6-12(9-15(14)26-2)19-23-22-17(27-19)10-16-21-18(24-28-16)11-4-3-5-13(20)8-11/h3-9H,10H2,1-2H3. The van der Waals surface area contributed by atoms with Crippen molar-refractivity contribution < 1.29 is 22.8 Å². The highest BCUT2D eigenvalue weighted by Crippen LogP contribution is 2.31. The minimum Gasteiger partial charge on any atom is -0.493 e. The molecule has 28 heavy (non-hydrogen) atoms. The Hall–Kier alpha value is -3.75. The van der Waals surface area contributed by atoms with Gasteiger partial charge in [-0.05, 0) is 30.3 Å². The highest BCUT2D eigenvalue weighted by atomic mass is 19.1. The fraction of sp³-hybridized carbons (Fsp3) is 0.158. The number of hydrogen-bond acceptors (Lipinski definition) is 8. The van der Waals surface area contributed by atoms with Gasteiger partial charge in [0.1, 0.15) is 12.2 Å². The van der Waals surface area contributed by atoms with Crippen LogP contribution >= 0.6 is 0 Å². The van der Waals surface area contributed by atoms with Crippen LogP contribution in [0.5, 0.6) is 11.5 Å². The summed E-state index contributed by atoms with van der Waals surface area (Å²) < 4.78 is 34.7. The molecule has 0 radical (unpaired) electrons. The lowest BCUT2D eigenvalue weighted by molar-refractivity contribution is 0.355. The molecule has 2 aromatic carbocycles. The van der Waals surface area contributed by atoms with E-state index in [2.05, 4.69) is 20.3 Å². The van der Waals surface area contributed by atoms with Crippen LogP contribution in [-0.4, -0.2) is 34.6 Å². The van der Waals surface area contributed by atoms with Gasteiger partial charge in [-0.25, -0.2) is 4.39 Å². The Bertz CT molecular complexity index is 1110. The number of benzene rings is 2. The Morgan fingerprint density at radius 3 is 2.57 bits per heavy atom. The van der Waals surface area contributed by atoms with Gasteiger partial charge >= 0.3 is 0 Å². The van der Waals surface area contributed by atoms with Gasteiger partial charge in [-0.3, -0.25) is 0 Å². The average molecular weight is 382 g/mol. The van der Waals surface area contributed by atoms with Gasteiger partial charge in [0, 0.05) is 11.1 Å². The molecule has 8 nitrogen and oxygen atoms in total. The smallest absolute Gasteiger partial charge is 0.247 e. The van der Waals surface area contributed by atoms with Crippen molar-refractivity contribution in [3.05, 3.63) is 60.1 Å². The van der Waals surface area contributed by atoms with Crippen LogP contribution in [0.15, 0.2) is 51.4 Å². The van der Waals surface area contributed by atoms with Gasteiger partial charge in [-0.15, -0.1) is 10.2 Å². The summed E-state index contributed by atoms with van der Waals surface area (Å²) in [6, 6.07) is 11.2. The van der Waals surface area contributed by atoms with Crippen molar-refractivity contribution in [2.75, 3.05) is 14.2 Å². The number of halogens is 1. The zero-order valence-electron chi connectivity index (χ0n) is 15.0. The highest BCUT2D eigenvalue weighted by Gasteiger charge is 2.16. The largest absolute Gasteiger partial charge is 0.493 e. The molecule has 0 bridgehead atoms. The second-order valence-corrected chi connectivity index (χ2v) is 5.77.